The van der Waals surface area contributed by atoms with Crippen LogP contribution in [-0.4, -0.2) is 42.6 Å². The van der Waals surface area contributed by atoms with E-state index in [9.17, 15) is 4.79 Å². The van der Waals surface area contributed by atoms with Crippen molar-refractivity contribution in [2.45, 2.75) is 6.42 Å². The Morgan fingerprint density at radius 3 is 2.95 bits per heavy atom. The molecule has 1 atom stereocenters. The highest BCUT2D eigenvalue weighted by molar-refractivity contribution is 6.30. The fraction of sp³-hybridized carbons (Fsp3) is 0.375. The van der Waals surface area contributed by atoms with Gasteiger partial charge in [-0.15, -0.1) is 0 Å². The number of rotatable bonds is 4. The number of likely N-dealkylation sites (tertiary alicyclic amines) is 1. The fourth-order valence-electron chi connectivity index (χ4n) is 2.85. The van der Waals surface area contributed by atoms with Crippen LogP contribution in [0, 0.1) is 5.92 Å². The second-order valence-corrected chi connectivity index (χ2v) is 5.98. The molecule has 0 aliphatic carbocycles. The summed E-state index contributed by atoms with van der Waals surface area (Å²) >= 11 is 5.90. The minimum atomic E-state index is -0.0233. The molecule has 6 heteroatoms. The molecule has 116 valence electrons. The van der Waals surface area contributed by atoms with Gasteiger partial charge in [-0.2, -0.15) is 0 Å². The molecule has 1 aromatic heterocycles. The molecule has 0 saturated carbocycles. The van der Waals surface area contributed by atoms with Crippen LogP contribution in [-0.2, 0) is 0 Å². The molecular weight excluding hydrogens is 302 g/mol. The van der Waals surface area contributed by atoms with Crippen LogP contribution in [0.5, 0.6) is 0 Å². The van der Waals surface area contributed by atoms with Gasteiger partial charge in [0.2, 0.25) is 0 Å². The summed E-state index contributed by atoms with van der Waals surface area (Å²) in [6.45, 7) is 2.47. The van der Waals surface area contributed by atoms with Crippen molar-refractivity contribution in [1.82, 2.24) is 15.4 Å². The Labute approximate surface area is 134 Å². The molecule has 3 rings (SSSR count). The number of nitrogens with zero attached hydrogens (tertiary/aromatic N) is 2. The van der Waals surface area contributed by atoms with E-state index in [1.165, 1.54) is 6.26 Å². The van der Waals surface area contributed by atoms with E-state index in [4.69, 9.17) is 16.1 Å². The lowest BCUT2D eigenvalue weighted by atomic mass is 10.1. The molecule has 22 heavy (non-hydrogen) atoms. The number of amides is 1. The van der Waals surface area contributed by atoms with E-state index >= 15 is 0 Å². The van der Waals surface area contributed by atoms with Gasteiger partial charge in [-0.25, -0.2) is 0 Å². The number of carbonyl (C=O) groups excluding carboxylic acids is 1. The van der Waals surface area contributed by atoms with Gasteiger partial charge in [-0.05, 0) is 38.1 Å². The average Bonchev–Trinajstić information content (AvgIpc) is 3.17. The van der Waals surface area contributed by atoms with Gasteiger partial charge in [0.15, 0.2) is 0 Å². The predicted octanol–water partition coefficient (Wildman–Crippen LogP) is 2.68. The van der Waals surface area contributed by atoms with Crippen LogP contribution in [0.25, 0.3) is 11.3 Å². The second-order valence-electron chi connectivity index (χ2n) is 5.55. The van der Waals surface area contributed by atoms with E-state index in [1.807, 2.05) is 24.1 Å². The smallest absolute Gasteiger partial charge is 0.259 e. The maximum absolute atomic E-state index is 12.7. The highest BCUT2D eigenvalue weighted by Gasteiger charge is 2.29. The van der Waals surface area contributed by atoms with Gasteiger partial charge in [-0.1, -0.05) is 28.9 Å². The summed E-state index contributed by atoms with van der Waals surface area (Å²) in [4.78, 5) is 14.6. The van der Waals surface area contributed by atoms with Crippen molar-refractivity contribution in [2.24, 2.45) is 5.92 Å². The van der Waals surface area contributed by atoms with Crippen molar-refractivity contribution in [3.63, 3.8) is 0 Å². The average molecular weight is 320 g/mol. The Balaban J connectivity index is 1.80. The number of hydrogen-bond donors (Lipinski definition) is 1. The molecule has 5 nitrogen and oxygen atoms in total. The number of hydrogen-bond acceptors (Lipinski definition) is 4. The summed E-state index contributed by atoms with van der Waals surface area (Å²) in [6.07, 6.45) is 2.45. The molecule has 1 aliphatic heterocycles. The lowest BCUT2D eigenvalue weighted by Crippen LogP contribution is -2.30. The number of carbonyl (C=O) groups is 1. The molecule has 1 aromatic carbocycles. The molecule has 2 aromatic rings. The van der Waals surface area contributed by atoms with Crippen molar-refractivity contribution in [3.8, 4) is 11.3 Å². The molecule has 0 unspecified atom stereocenters. The Hall–Kier alpha value is -1.85. The molecular formula is C16H18ClN3O2. The summed E-state index contributed by atoms with van der Waals surface area (Å²) in [7, 11) is 1.93. The third-order valence-corrected chi connectivity index (χ3v) is 4.24. The summed E-state index contributed by atoms with van der Waals surface area (Å²) in [6, 6.07) is 7.23. The fourth-order valence-corrected chi connectivity index (χ4v) is 2.97. The first-order chi connectivity index (χ1) is 10.7. The van der Waals surface area contributed by atoms with Crippen molar-refractivity contribution in [2.75, 3.05) is 26.7 Å². The number of nitrogens with one attached hydrogen (secondary N) is 1. The molecule has 2 heterocycles. The van der Waals surface area contributed by atoms with Crippen molar-refractivity contribution < 1.29 is 9.32 Å². The van der Waals surface area contributed by atoms with E-state index in [0.29, 0.717) is 22.2 Å². The Bertz CT molecular complexity index is 654. The molecule has 1 N–H and O–H groups in total. The monoisotopic (exact) mass is 319 g/mol. The van der Waals surface area contributed by atoms with Crippen LogP contribution >= 0.6 is 11.6 Å². The second kappa shape index (κ2) is 6.50. The summed E-state index contributed by atoms with van der Waals surface area (Å²) < 4.78 is 5.04. The Kier molecular flexibility index (Phi) is 4.45. The number of benzene rings is 1. The van der Waals surface area contributed by atoms with E-state index in [-0.39, 0.29) is 5.91 Å². The van der Waals surface area contributed by atoms with Gasteiger partial charge < -0.3 is 14.7 Å². The zero-order chi connectivity index (χ0) is 15.5. The predicted molar refractivity (Wildman–Crippen MR) is 84.9 cm³/mol. The van der Waals surface area contributed by atoms with Crippen LogP contribution in [0.4, 0.5) is 0 Å². The maximum atomic E-state index is 12.7. The molecule has 0 spiro atoms. The van der Waals surface area contributed by atoms with Gasteiger partial charge in [0.05, 0.1) is 0 Å². The summed E-state index contributed by atoms with van der Waals surface area (Å²) in [5, 5.41) is 7.80. The first-order valence-electron chi connectivity index (χ1n) is 7.33. The summed E-state index contributed by atoms with van der Waals surface area (Å²) in [5.74, 6) is 0.484. The van der Waals surface area contributed by atoms with Crippen LogP contribution in [0.1, 0.15) is 16.8 Å². The maximum Gasteiger partial charge on any atom is 0.259 e. The lowest BCUT2D eigenvalue weighted by Gasteiger charge is -2.16. The molecule has 1 amide bonds. The highest BCUT2D eigenvalue weighted by Crippen LogP contribution is 2.26. The quantitative estimate of drug-likeness (QED) is 0.941. The standard InChI is InChI=1S/C16H18ClN3O2/c1-18-8-11-6-7-20(9-11)16(21)14-10-22-19-15(14)12-2-4-13(17)5-3-12/h2-5,10-11,18H,6-9H2,1H3/t11-/m1/s1. The largest absolute Gasteiger partial charge is 0.363 e. The lowest BCUT2D eigenvalue weighted by molar-refractivity contribution is 0.0787. The van der Waals surface area contributed by atoms with Gasteiger partial charge in [0.25, 0.3) is 5.91 Å². The first kappa shape index (κ1) is 15.1. The topological polar surface area (TPSA) is 58.4 Å². The molecule has 0 bridgehead atoms. The number of halogens is 1. The molecule has 1 aliphatic rings. The van der Waals surface area contributed by atoms with Crippen molar-refractivity contribution in [3.05, 3.63) is 41.1 Å². The van der Waals surface area contributed by atoms with E-state index in [2.05, 4.69) is 10.5 Å². The highest BCUT2D eigenvalue weighted by atomic mass is 35.5. The molecule has 1 fully saturated rings. The molecule has 0 radical (unpaired) electrons. The first-order valence-corrected chi connectivity index (χ1v) is 7.71. The molecule has 1 saturated heterocycles. The third-order valence-electron chi connectivity index (χ3n) is 3.98. The van der Waals surface area contributed by atoms with Gasteiger partial charge >= 0.3 is 0 Å². The van der Waals surface area contributed by atoms with E-state index in [1.54, 1.807) is 12.1 Å². The van der Waals surface area contributed by atoms with Crippen LogP contribution < -0.4 is 5.32 Å². The van der Waals surface area contributed by atoms with Crippen molar-refractivity contribution in [1.29, 1.82) is 0 Å². The number of aromatic nitrogens is 1. The zero-order valence-corrected chi connectivity index (χ0v) is 13.1. The Morgan fingerprint density at radius 1 is 1.45 bits per heavy atom. The van der Waals surface area contributed by atoms with Gasteiger partial charge in [-0.3, -0.25) is 4.79 Å². The van der Waals surface area contributed by atoms with Crippen LogP contribution in [0.2, 0.25) is 5.02 Å². The third kappa shape index (κ3) is 3.00. The Morgan fingerprint density at radius 2 is 2.23 bits per heavy atom. The van der Waals surface area contributed by atoms with Gasteiger partial charge in [0.1, 0.15) is 17.5 Å². The van der Waals surface area contributed by atoms with Crippen LogP contribution in [0.15, 0.2) is 35.1 Å². The van der Waals surface area contributed by atoms with E-state index in [0.717, 1.165) is 31.6 Å². The van der Waals surface area contributed by atoms with Crippen LogP contribution in [0.3, 0.4) is 0 Å². The summed E-state index contributed by atoms with van der Waals surface area (Å²) in [5.41, 5.74) is 1.90. The van der Waals surface area contributed by atoms with Crippen molar-refractivity contribution >= 4 is 17.5 Å². The normalized spacial score (nSPS) is 17.9. The van der Waals surface area contributed by atoms with Gasteiger partial charge in [0, 0.05) is 23.7 Å². The minimum absolute atomic E-state index is 0.0233. The SMILES string of the molecule is CNC[C@H]1CCN(C(=O)c2conc2-c2ccc(Cl)cc2)C1. The van der Waals surface area contributed by atoms with E-state index < -0.39 is 0 Å². The minimum Gasteiger partial charge on any atom is -0.363 e. The zero-order valence-electron chi connectivity index (χ0n) is 12.4.